The number of benzene rings is 2. The van der Waals surface area contributed by atoms with Crippen LogP contribution in [0.25, 0.3) is 0 Å². The van der Waals surface area contributed by atoms with Gasteiger partial charge in [0.25, 0.3) is 0 Å². The molecule has 4 amide bonds. The van der Waals surface area contributed by atoms with Crippen molar-refractivity contribution >= 4 is 29.4 Å². The minimum absolute atomic E-state index is 0.0123. The first kappa shape index (κ1) is 20.5. The van der Waals surface area contributed by atoms with E-state index in [0.717, 1.165) is 18.4 Å². The number of para-hydroxylation sites is 1. The fourth-order valence-electron chi connectivity index (χ4n) is 4.03. The lowest BCUT2D eigenvalue weighted by atomic mass is 10.0. The van der Waals surface area contributed by atoms with Crippen LogP contribution in [0.2, 0.25) is 5.02 Å². The Kier molecular flexibility index (Phi) is 6.08. The van der Waals surface area contributed by atoms with Crippen molar-refractivity contribution in [1.29, 1.82) is 0 Å². The van der Waals surface area contributed by atoms with E-state index in [9.17, 15) is 14.0 Å². The number of carbonyl (C=O) groups is 2. The fraction of sp³-hybridized carbons (Fsp3) is 0.364. The van der Waals surface area contributed by atoms with Crippen LogP contribution in [0.4, 0.5) is 19.7 Å². The van der Waals surface area contributed by atoms with Crippen molar-refractivity contribution in [2.24, 2.45) is 0 Å². The average molecular weight is 431 g/mol. The number of anilines is 1. The van der Waals surface area contributed by atoms with Gasteiger partial charge < -0.3 is 20.0 Å². The van der Waals surface area contributed by atoms with E-state index in [1.54, 1.807) is 34.1 Å². The lowest BCUT2D eigenvalue weighted by Crippen LogP contribution is -2.49. The van der Waals surface area contributed by atoms with E-state index >= 15 is 0 Å². The summed E-state index contributed by atoms with van der Waals surface area (Å²) in [6.45, 7) is 2.99. The Hall–Kier alpha value is -2.80. The number of piperidine rings is 1. The molecule has 30 heavy (non-hydrogen) atoms. The minimum Gasteiger partial charge on any atom is -0.324 e. The quantitative estimate of drug-likeness (QED) is 0.780. The van der Waals surface area contributed by atoms with Gasteiger partial charge in [-0.2, -0.15) is 0 Å². The number of hydrogen-bond donors (Lipinski definition) is 1. The average Bonchev–Trinajstić information content (AvgIpc) is 3.11. The Balaban J connectivity index is 1.29. The lowest BCUT2D eigenvalue weighted by molar-refractivity contribution is 0.139. The van der Waals surface area contributed by atoms with Gasteiger partial charge >= 0.3 is 12.1 Å². The molecule has 2 aliphatic heterocycles. The molecule has 1 N–H and O–H groups in total. The number of halogens is 2. The molecule has 6 nitrogen and oxygen atoms in total. The Morgan fingerprint density at radius 2 is 1.73 bits per heavy atom. The zero-order valence-electron chi connectivity index (χ0n) is 16.6. The molecule has 0 unspecified atom stereocenters. The maximum Gasteiger partial charge on any atom is 0.321 e. The minimum atomic E-state index is -0.279. The molecule has 0 aromatic heterocycles. The summed E-state index contributed by atoms with van der Waals surface area (Å²) in [4.78, 5) is 30.8. The van der Waals surface area contributed by atoms with Crippen molar-refractivity contribution < 1.29 is 14.0 Å². The lowest BCUT2D eigenvalue weighted by Gasteiger charge is -2.36. The molecule has 2 aliphatic rings. The first-order chi connectivity index (χ1) is 14.5. The predicted molar refractivity (Wildman–Crippen MR) is 114 cm³/mol. The monoisotopic (exact) mass is 430 g/mol. The molecule has 2 aromatic carbocycles. The van der Waals surface area contributed by atoms with Gasteiger partial charge in [0, 0.05) is 38.8 Å². The SMILES string of the molecule is O=C(Nc1ccccc1Cl)N1CCC(N2CCN(Cc3ccc(F)cc3)C2=O)CC1. The third-order valence-electron chi connectivity index (χ3n) is 5.72. The van der Waals surface area contributed by atoms with Gasteiger partial charge in [0.1, 0.15) is 5.82 Å². The normalized spacial score (nSPS) is 17.5. The van der Waals surface area contributed by atoms with Crippen molar-refractivity contribution in [3.8, 4) is 0 Å². The Morgan fingerprint density at radius 1 is 1.03 bits per heavy atom. The topological polar surface area (TPSA) is 55.9 Å². The smallest absolute Gasteiger partial charge is 0.321 e. The van der Waals surface area contributed by atoms with Crippen LogP contribution in [0.15, 0.2) is 48.5 Å². The maximum absolute atomic E-state index is 13.1. The predicted octanol–water partition coefficient (Wildman–Crippen LogP) is 4.41. The summed E-state index contributed by atoms with van der Waals surface area (Å²) in [6.07, 6.45) is 1.48. The molecule has 0 atom stereocenters. The Morgan fingerprint density at radius 3 is 2.43 bits per heavy atom. The van der Waals surface area contributed by atoms with Crippen molar-refractivity contribution in [2.45, 2.75) is 25.4 Å². The van der Waals surface area contributed by atoms with Gasteiger partial charge in [-0.15, -0.1) is 0 Å². The van der Waals surface area contributed by atoms with Crippen LogP contribution in [0.1, 0.15) is 18.4 Å². The van der Waals surface area contributed by atoms with Gasteiger partial charge in [-0.1, -0.05) is 35.9 Å². The summed E-state index contributed by atoms with van der Waals surface area (Å²) in [6, 6.07) is 13.4. The molecule has 2 heterocycles. The van der Waals surface area contributed by atoms with Gasteiger partial charge in [0.15, 0.2) is 0 Å². The number of amides is 4. The standard InChI is InChI=1S/C22H24ClFN4O2/c23-19-3-1-2-4-20(19)25-21(29)26-11-9-18(10-12-26)28-14-13-27(22(28)30)15-16-5-7-17(24)8-6-16/h1-8,18H,9-15H2,(H,25,29). The molecule has 0 aliphatic carbocycles. The van der Waals surface area contributed by atoms with E-state index in [1.165, 1.54) is 12.1 Å². The Bertz CT molecular complexity index is 916. The molecular formula is C22H24ClFN4O2. The second-order valence-electron chi connectivity index (χ2n) is 7.65. The highest BCUT2D eigenvalue weighted by Gasteiger charge is 2.36. The highest BCUT2D eigenvalue weighted by atomic mass is 35.5. The van der Waals surface area contributed by atoms with Crippen molar-refractivity contribution in [1.82, 2.24) is 14.7 Å². The second kappa shape index (κ2) is 8.92. The molecule has 2 fully saturated rings. The Labute approximate surface area is 180 Å². The number of nitrogens with zero attached hydrogens (tertiary/aromatic N) is 3. The highest BCUT2D eigenvalue weighted by Crippen LogP contribution is 2.25. The zero-order valence-corrected chi connectivity index (χ0v) is 17.3. The number of likely N-dealkylation sites (tertiary alicyclic amines) is 1. The molecule has 0 bridgehead atoms. The van der Waals surface area contributed by atoms with Crippen LogP contribution >= 0.6 is 11.6 Å². The van der Waals surface area contributed by atoms with Crippen LogP contribution < -0.4 is 5.32 Å². The van der Waals surface area contributed by atoms with Crippen LogP contribution in [0.5, 0.6) is 0 Å². The van der Waals surface area contributed by atoms with Crippen LogP contribution in [-0.2, 0) is 6.54 Å². The van der Waals surface area contributed by atoms with E-state index in [4.69, 9.17) is 11.6 Å². The van der Waals surface area contributed by atoms with Gasteiger partial charge in [-0.25, -0.2) is 14.0 Å². The third-order valence-corrected chi connectivity index (χ3v) is 6.05. The van der Waals surface area contributed by atoms with Crippen molar-refractivity contribution in [2.75, 3.05) is 31.5 Å². The van der Waals surface area contributed by atoms with Crippen LogP contribution in [-0.4, -0.2) is 59.0 Å². The van der Waals surface area contributed by atoms with Crippen LogP contribution in [0.3, 0.4) is 0 Å². The summed E-state index contributed by atoms with van der Waals surface area (Å²) in [5.41, 5.74) is 1.51. The number of carbonyl (C=O) groups excluding carboxylic acids is 2. The van der Waals surface area contributed by atoms with E-state index < -0.39 is 0 Å². The molecule has 0 saturated carbocycles. The molecule has 158 valence electrons. The molecule has 0 radical (unpaired) electrons. The van der Waals surface area contributed by atoms with Gasteiger partial charge in [-0.05, 0) is 42.7 Å². The van der Waals surface area contributed by atoms with E-state index in [-0.39, 0.29) is 23.9 Å². The molecule has 2 aromatic rings. The molecule has 2 saturated heterocycles. The van der Waals surface area contributed by atoms with E-state index in [0.29, 0.717) is 43.4 Å². The number of nitrogens with one attached hydrogen (secondary N) is 1. The molecule has 8 heteroatoms. The number of rotatable bonds is 4. The van der Waals surface area contributed by atoms with Crippen LogP contribution in [0, 0.1) is 5.82 Å². The van der Waals surface area contributed by atoms with Crippen molar-refractivity contribution in [3.63, 3.8) is 0 Å². The first-order valence-corrected chi connectivity index (χ1v) is 10.5. The molecule has 0 spiro atoms. The van der Waals surface area contributed by atoms with E-state index in [1.807, 2.05) is 17.0 Å². The number of urea groups is 2. The molecule has 4 rings (SSSR count). The largest absolute Gasteiger partial charge is 0.324 e. The summed E-state index contributed by atoms with van der Waals surface area (Å²) in [5.74, 6) is -0.279. The first-order valence-electron chi connectivity index (χ1n) is 10.1. The summed E-state index contributed by atoms with van der Waals surface area (Å²) < 4.78 is 13.1. The summed E-state index contributed by atoms with van der Waals surface area (Å²) in [7, 11) is 0. The second-order valence-corrected chi connectivity index (χ2v) is 8.06. The van der Waals surface area contributed by atoms with Gasteiger partial charge in [-0.3, -0.25) is 0 Å². The van der Waals surface area contributed by atoms with Gasteiger partial charge in [0.05, 0.1) is 10.7 Å². The molecular weight excluding hydrogens is 407 g/mol. The number of hydrogen-bond acceptors (Lipinski definition) is 2. The fourth-order valence-corrected chi connectivity index (χ4v) is 4.22. The van der Waals surface area contributed by atoms with E-state index in [2.05, 4.69) is 5.32 Å². The zero-order chi connectivity index (χ0) is 21.1. The highest BCUT2D eigenvalue weighted by molar-refractivity contribution is 6.33. The summed E-state index contributed by atoms with van der Waals surface area (Å²) in [5, 5.41) is 3.36. The van der Waals surface area contributed by atoms with Crippen molar-refractivity contribution in [3.05, 3.63) is 64.9 Å². The van der Waals surface area contributed by atoms with Gasteiger partial charge in [0.2, 0.25) is 0 Å². The third kappa shape index (κ3) is 4.51. The maximum atomic E-state index is 13.1. The summed E-state index contributed by atoms with van der Waals surface area (Å²) >= 11 is 6.11.